The maximum absolute atomic E-state index is 5.73. The fraction of sp³-hybridized carbons (Fsp3) is 0.600. The van der Waals surface area contributed by atoms with Crippen molar-refractivity contribution in [1.82, 2.24) is 5.32 Å². The van der Waals surface area contributed by atoms with Crippen molar-refractivity contribution in [3.63, 3.8) is 0 Å². The Labute approximate surface area is 105 Å². The van der Waals surface area contributed by atoms with E-state index in [2.05, 4.69) is 51.2 Å². The molecule has 0 spiro atoms. The van der Waals surface area contributed by atoms with Gasteiger partial charge in [0.1, 0.15) is 5.75 Å². The lowest BCUT2D eigenvalue weighted by atomic mass is 10.0. The van der Waals surface area contributed by atoms with Crippen LogP contribution < -0.4 is 10.1 Å². The summed E-state index contributed by atoms with van der Waals surface area (Å²) in [6.07, 6.45) is 2.58. The Morgan fingerprint density at radius 2 is 2.00 bits per heavy atom. The van der Waals surface area contributed by atoms with E-state index in [9.17, 15) is 0 Å². The van der Waals surface area contributed by atoms with Crippen molar-refractivity contribution < 1.29 is 4.74 Å². The third-order valence-electron chi connectivity index (χ3n) is 2.66. The summed E-state index contributed by atoms with van der Waals surface area (Å²) < 4.78 is 5.73. The SMILES string of the molecule is CCCC(NCC)c1cccc(OC(C)C)c1. The third kappa shape index (κ3) is 4.78. The van der Waals surface area contributed by atoms with Gasteiger partial charge in [-0.05, 0) is 44.5 Å². The number of nitrogens with one attached hydrogen (secondary N) is 1. The van der Waals surface area contributed by atoms with E-state index in [0.717, 1.165) is 12.3 Å². The lowest BCUT2D eigenvalue weighted by molar-refractivity contribution is 0.242. The summed E-state index contributed by atoms with van der Waals surface area (Å²) >= 11 is 0. The van der Waals surface area contributed by atoms with E-state index in [1.807, 2.05) is 6.07 Å². The second-order valence-electron chi connectivity index (χ2n) is 4.64. The molecular weight excluding hydrogens is 210 g/mol. The summed E-state index contributed by atoms with van der Waals surface area (Å²) in [6.45, 7) is 9.48. The maximum Gasteiger partial charge on any atom is 0.120 e. The number of hydrogen-bond acceptors (Lipinski definition) is 2. The Balaban J connectivity index is 2.79. The summed E-state index contributed by atoms with van der Waals surface area (Å²) in [6, 6.07) is 8.88. The summed E-state index contributed by atoms with van der Waals surface area (Å²) in [7, 11) is 0. The van der Waals surface area contributed by atoms with Crippen LogP contribution in [-0.4, -0.2) is 12.6 Å². The molecule has 1 atom stereocenters. The Morgan fingerprint density at radius 1 is 1.24 bits per heavy atom. The van der Waals surface area contributed by atoms with Gasteiger partial charge in [-0.3, -0.25) is 0 Å². The first-order chi connectivity index (χ1) is 8.17. The van der Waals surface area contributed by atoms with Crippen LogP contribution in [0.25, 0.3) is 0 Å². The molecule has 17 heavy (non-hydrogen) atoms. The minimum Gasteiger partial charge on any atom is -0.491 e. The van der Waals surface area contributed by atoms with Crippen molar-refractivity contribution in [3.8, 4) is 5.75 Å². The highest BCUT2D eigenvalue weighted by atomic mass is 16.5. The standard InChI is InChI=1S/C15H25NO/c1-5-8-15(16-6-2)13-9-7-10-14(11-13)17-12(3)4/h7,9-12,15-16H,5-6,8H2,1-4H3. The van der Waals surface area contributed by atoms with E-state index in [1.54, 1.807) is 0 Å². The highest BCUT2D eigenvalue weighted by Crippen LogP contribution is 2.23. The molecule has 0 aliphatic rings. The van der Waals surface area contributed by atoms with Crippen LogP contribution in [0, 0.1) is 0 Å². The highest BCUT2D eigenvalue weighted by molar-refractivity contribution is 5.30. The third-order valence-corrected chi connectivity index (χ3v) is 2.66. The zero-order valence-corrected chi connectivity index (χ0v) is 11.5. The molecule has 0 fully saturated rings. The zero-order valence-electron chi connectivity index (χ0n) is 11.5. The van der Waals surface area contributed by atoms with Gasteiger partial charge in [0.05, 0.1) is 6.10 Å². The zero-order chi connectivity index (χ0) is 12.7. The van der Waals surface area contributed by atoms with Crippen LogP contribution in [0.2, 0.25) is 0 Å². The van der Waals surface area contributed by atoms with E-state index in [1.165, 1.54) is 18.4 Å². The van der Waals surface area contributed by atoms with Crippen molar-refractivity contribution >= 4 is 0 Å². The maximum atomic E-state index is 5.73. The predicted molar refractivity (Wildman–Crippen MR) is 73.5 cm³/mol. The molecule has 1 N–H and O–H groups in total. The van der Waals surface area contributed by atoms with Crippen molar-refractivity contribution in [2.45, 2.75) is 52.7 Å². The molecule has 0 aromatic heterocycles. The number of ether oxygens (including phenoxy) is 1. The van der Waals surface area contributed by atoms with Gasteiger partial charge in [0.15, 0.2) is 0 Å². The average molecular weight is 235 g/mol. The van der Waals surface area contributed by atoms with Gasteiger partial charge >= 0.3 is 0 Å². The van der Waals surface area contributed by atoms with Crippen LogP contribution in [0.1, 0.15) is 52.1 Å². The van der Waals surface area contributed by atoms with Crippen molar-refractivity contribution in [2.24, 2.45) is 0 Å². The predicted octanol–water partition coefficient (Wildman–Crippen LogP) is 3.92. The molecule has 0 heterocycles. The van der Waals surface area contributed by atoms with Crippen molar-refractivity contribution in [3.05, 3.63) is 29.8 Å². The molecule has 0 radical (unpaired) electrons. The minimum absolute atomic E-state index is 0.231. The van der Waals surface area contributed by atoms with Crippen LogP contribution in [0.15, 0.2) is 24.3 Å². The van der Waals surface area contributed by atoms with Gasteiger partial charge in [-0.25, -0.2) is 0 Å². The fourth-order valence-electron chi connectivity index (χ4n) is 2.00. The Hall–Kier alpha value is -1.02. The van der Waals surface area contributed by atoms with Crippen LogP contribution in [0.4, 0.5) is 0 Å². The molecule has 0 amide bonds. The fourth-order valence-corrected chi connectivity index (χ4v) is 2.00. The van der Waals surface area contributed by atoms with Crippen LogP contribution in [-0.2, 0) is 0 Å². The number of rotatable bonds is 7. The average Bonchev–Trinajstić information content (AvgIpc) is 2.28. The molecule has 96 valence electrons. The molecule has 1 unspecified atom stereocenters. The molecule has 0 aliphatic heterocycles. The molecule has 2 heteroatoms. The van der Waals surface area contributed by atoms with Gasteiger partial charge in [0.25, 0.3) is 0 Å². The molecule has 1 aromatic rings. The normalized spacial score (nSPS) is 12.8. The van der Waals surface area contributed by atoms with E-state index < -0.39 is 0 Å². The highest BCUT2D eigenvalue weighted by Gasteiger charge is 2.10. The molecule has 0 saturated heterocycles. The first-order valence-corrected chi connectivity index (χ1v) is 6.67. The van der Waals surface area contributed by atoms with Gasteiger partial charge in [-0.15, -0.1) is 0 Å². The molecule has 0 saturated carbocycles. The quantitative estimate of drug-likeness (QED) is 0.773. The van der Waals surface area contributed by atoms with Crippen LogP contribution in [0.3, 0.4) is 0 Å². The monoisotopic (exact) mass is 235 g/mol. The first kappa shape index (κ1) is 14.0. The summed E-state index contributed by atoms with van der Waals surface area (Å²) in [4.78, 5) is 0. The molecule has 0 bridgehead atoms. The molecule has 1 aromatic carbocycles. The molecule has 0 aliphatic carbocycles. The van der Waals surface area contributed by atoms with Gasteiger partial charge in [-0.2, -0.15) is 0 Å². The van der Waals surface area contributed by atoms with Gasteiger partial charge < -0.3 is 10.1 Å². The van der Waals surface area contributed by atoms with E-state index >= 15 is 0 Å². The Morgan fingerprint density at radius 3 is 2.59 bits per heavy atom. The van der Waals surface area contributed by atoms with Crippen molar-refractivity contribution in [1.29, 1.82) is 0 Å². The first-order valence-electron chi connectivity index (χ1n) is 6.67. The van der Waals surface area contributed by atoms with Gasteiger partial charge in [-0.1, -0.05) is 32.4 Å². The Bertz CT molecular complexity index is 316. The topological polar surface area (TPSA) is 21.3 Å². The summed E-state index contributed by atoms with van der Waals surface area (Å²) in [5.74, 6) is 0.969. The summed E-state index contributed by atoms with van der Waals surface area (Å²) in [5, 5.41) is 3.52. The van der Waals surface area contributed by atoms with Crippen molar-refractivity contribution in [2.75, 3.05) is 6.54 Å². The number of benzene rings is 1. The molecule has 2 nitrogen and oxygen atoms in total. The number of hydrogen-bond donors (Lipinski definition) is 1. The van der Waals surface area contributed by atoms with E-state index in [4.69, 9.17) is 4.74 Å². The van der Waals surface area contributed by atoms with Gasteiger partial charge in [0, 0.05) is 6.04 Å². The largest absolute Gasteiger partial charge is 0.491 e. The molecular formula is C15H25NO. The molecule has 1 rings (SSSR count). The van der Waals surface area contributed by atoms with E-state index in [-0.39, 0.29) is 6.10 Å². The lowest BCUT2D eigenvalue weighted by Gasteiger charge is -2.19. The Kier molecular flexibility index (Phi) is 6.06. The second-order valence-corrected chi connectivity index (χ2v) is 4.64. The van der Waals surface area contributed by atoms with E-state index in [0.29, 0.717) is 6.04 Å². The van der Waals surface area contributed by atoms with Crippen LogP contribution >= 0.6 is 0 Å². The summed E-state index contributed by atoms with van der Waals surface area (Å²) in [5.41, 5.74) is 1.33. The second kappa shape index (κ2) is 7.33. The van der Waals surface area contributed by atoms with Crippen LogP contribution in [0.5, 0.6) is 5.75 Å². The minimum atomic E-state index is 0.231. The van der Waals surface area contributed by atoms with Gasteiger partial charge in [0.2, 0.25) is 0 Å². The lowest BCUT2D eigenvalue weighted by Crippen LogP contribution is -2.20. The smallest absolute Gasteiger partial charge is 0.120 e.